The van der Waals surface area contributed by atoms with Crippen LogP contribution in [0.5, 0.6) is 0 Å². The predicted octanol–water partition coefficient (Wildman–Crippen LogP) is 24.1. The first-order chi connectivity index (χ1) is 47.3. The number of anilines is 6. The zero-order valence-corrected chi connectivity index (χ0v) is 55.8. The number of nitrogens with zero attached hydrogens (tertiary/aromatic N) is 2. The van der Waals surface area contributed by atoms with E-state index in [4.69, 9.17) is 0 Å². The Kier molecular flexibility index (Phi) is 14.6. The van der Waals surface area contributed by atoms with Gasteiger partial charge in [0.15, 0.2) is 0 Å². The molecule has 0 aromatic heterocycles. The predicted molar refractivity (Wildman–Crippen MR) is 404 cm³/mol. The van der Waals surface area contributed by atoms with Crippen LogP contribution in [-0.4, -0.2) is 5.25 Å². The molecule has 2 nitrogen and oxygen atoms in total. The van der Waals surface area contributed by atoms with Gasteiger partial charge in [-0.1, -0.05) is 229 Å². The van der Waals surface area contributed by atoms with E-state index in [1.165, 1.54) is 135 Å². The molecule has 0 fully saturated rings. The highest BCUT2D eigenvalue weighted by Gasteiger charge is 2.50. The quantitative estimate of drug-likeness (QED) is 0.101. The molecule has 0 saturated carbocycles. The number of thioether (sulfide) groups is 1. The standard InChI is InChI=1S/C92H72N2S2/c1-61-21-35-69(36-22-61)91(71-39-51-79(52-40-71)95-81-49-33-65-25-27-67(65)57-81)87-19-11-9-17-83(87)85-55-47-77(59-89(85)91)93(73-13-5-3-6-14-73)75-43-29-63(30-44-75)64-31-45-76(46-32-64)94(74-15-7-4-8-16-74)78-48-56-86-84-18-10-12-20-88(84)92(90(86)60-78,70-37-23-62(2)24-38-70)72-41-53-80(54-42-72)96-82-50-34-66-26-28-68(66)58-82/h3-24,29-37,39-51,53-60,70,79H,25-28,38,52H2,1-2H3. The van der Waals surface area contributed by atoms with Crippen LogP contribution < -0.4 is 9.80 Å². The SMILES string of the molecule is CC1=CCC(C2(c3ccc(Sc4ccc5c(c4)CC5)cc3)c3ccccc3-c3ccc(N(c4ccccc4)c4ccc(-c5ccc(N(c6ccccc6)c6ccc7c(c6)C(C6=CCC(Sc8ccc9c(c8)CC9)C=C6)(c6ccc(C)cc6)c6ccccc6-7)cc5)cc4)cc32)C=C1. The lowest BCUT2D eigenvalue weighted by Gasteiger charge is -2.40. The van der Waals surface area contributed by atoms with Gasteiger partial charge in [0.1, 0.15) is 0 Å². The lowest BCUT2D eigenvalue weighted by atomic mass is 9.62. The van der Waals surface area contributed by atoms with Gasteiger partial charge in [-0.05, 0) is 262 Å². The number of fused-ring (bicyclic) bond motifs is 8. The van der Waals surface area contributed by atoms with Crippen molar-refractivity contribution in [2.45, 2.75) is 83.1 Å². The van der Waals surface area contributed by atoms with Crippen LogP contribution in [-0.2, 0) is 36.5 Å². The smallest absolute Gasteiger partial charge is 0.0711 e. The molecule has 4 unspecified atom stereocenters. The molecule has 12 aromatic rings. The summed E-state index contributed by atoms with van der Waals surface area (Å²) in [6, 6.07) is 106. The third-order valence-corrected chi connectivity index (χ3v) is 23.7. The molecule has 0 N–H and O–H groups in total. The number of rotatable bonds is 15. The van der Waals surface area contributed by atoms with Crippen molar-refractivity contribution in [2.24, 2.45) is 5.92 Å². The Labute approximate surface area is 573 Å². The van der Waals surface area contributed by atoms with Crippen LogP contribution in [0, 0.1) is 12.8 Å². The van der Waals surface area contributed by atoms with Crippen LogP contribution >= 0.6 is 23.5 Å². The summed E-state index contributed by atoms with van der Waals surface area (Å²) in [5.41, 5.74) is 31.2. The molecule has 4 heteroatoms. The average molecular weight is 1270 g/mol. The minimum Gasteiger partial charge on any atom is -0.310 e. The number of hydrogen-bond acceptors (Lipinski definition) is 4. The highest BCUT2D eigenvalue weighted by molar-refractivity contribution is 8.00. The Morgan fingerprint density at radius 3 is 1.43 bits per heavy atom. The van der Waals surface area contributed by atoms with E-state index in [9.17, 15) is 0 Å². The second-order valence-corrected chi connectivity index (χ2v) is 29.4. The Balaban J connectivity index is 0.689. The van der Waals surface area contributed by atoms with Crippen LogP contribution in [0.1, 0.15) is 81.0 Å². The fourth-order valence-corrected chi connectivity index (χ4v) is 18.5. The van der Waals surface area contributed by atoms with Crippen molar-refractivity contribution in [2.75, 3.05) is 9.80 Å². The van der Waals surface area contributed by atoms with Gasteiger partial charge in [0, 0.05) is 54.1 Å². The summed E-state index contributed by atoms with van der Waals surface area (Å²) < 4.78 is 0. The van der Waals surface area contributed by atoms with Gasteiger partial charge in [0.2, 0.25) is 0 Å². The van der Waals surface area contributed by atoms with E-state index in [2.05, 4.69) is 339 Å². The van der Waals surface area contributed by atoms with Crippen molar-refractivity contribution in [3.05, 3.63) is 388 Å². The van der Waals surface area contributed by atoms with Crippen molar-refractivity contribution in [3.8, 4) is 33.4 Å². The maximum atomic E-state index is 2.55. The number of para-hydroxylation sites is 2. The molecule has 6 aliphatic carbocycles. The van der Waals surface area contributed by atoms with Gasteiger partial charge in [-0.15, -0.1) is 11.8 Å². The van der Waals surface area contributed by atoms with Crippen molar-refractivity contribution in [1.29, 1.82) is 0 Å². The minimum absolute atomic E-state index is 0.201. The van der Waals surface area contributed by atoms with Gasteiger partial charge in [0.05, 0.1) is 10.8 Å². The van der Waals surface area contributed by atoms with E-state index >= 15 is 0 Å². The van der Waals surface area contributed by atoms with Gasteiger partial charge < -0.3 is 9.80 Å². The summed E-state index contributed by atoms with van der Waals surface area (Å²) in [5.74, 6) is 0.201. The molecule has 0 radical (unpaired) electrons. The third kappa shape index (κ3) is 9.85. The number of aryl methyl sites for hydroxylation is 5. The fourth-order valence-electron chi connectivity index (χ4n) is 16.6. The van der Waals surface area contributed by atoms with E-state index < -0.39 is 10.8 Å². The Bertz CT molecular complexity index is 5140. The maximum Gasteiger partial charge on any atom is 0.0711 e. The molecule has 12 aromatic carbocycles. The van der Waals surface area contributed by atoms with Crippen LogP contribution in [0.25, 0.3) is 33.4 Å². The van der Waals surface area contributed by atoms with Gasteiger partial charge in [-0.3, -0.25) is 0 Å². The van der Waals surface area contributed by atoms with Gasteiger partial charge in [-0.25, -0.2) is 0 Å². The van der Waals surface area contributed by atoms with Crippen molar-refractivity contribution in [1.82, 2.24) is 0 Å². The Morgan fingerprint density at radius 2 is 0.854 bits per heavy atom. The van der Waals surface area contributed by atoms with Crippen molar-refractivity contribution in [3.63, 3.8) is 0 Å². The van der Waals surface area contributed by atoms with Crippen LogP contribution in [0.4, 0.5) is 34.1 Å². The molecule has 0 saturated heterocycles. The summed E-state index contributed by atoms with van der Waals surface area (Å²) in [5, 5.41) is 0.362. The molecule has 462 valence electrons. The van der Waals surface area contributed by atoms with E-state index in [-0.39, 0.29) is 5.92 Å². The first kappa shape index (κ1) is 58.5. The molecule has 18 rings (SSSR count). The molecule has 0 aliphatic heterocycles. The van der Waals surface area contributed by atoms with Crippen LogP contribution in [0.3, 0.4) is 0 Å². The average Bonchev–Trinajstić information content (AvgIpc) is 1.53. The number of allylic oxidation sites excluding steroid dienone is 7. The molecule has 4 atom stereocenters. The van der Waals surface area contributed by atoms with E-state index in [1.54, 1.807) is 0 Å². The zero-order chi connectivity index (χ0) is 63.9. The topological polar surface area (TPSA) is 6.48 Å². The van der Waals surface area contributed by atoms with Crippen molar-refractivity contribution < 1.29 is 0 Å². The lowest BCUT2D eigenvalue weighted by Crippen LogP contribution is -2.35. The molecule has 0 spiro atoms. The van der Waals surface area contributed by atoms with Gasteiger partial charge in [0.25, 0.3) is 0 Å². The number of benzene rings is 12. The Hall–Kier alpha value is -10.1. The Morgan fingerprint density at radius 1 is 0.354 bits per heavy atom. The molecule has 6 aliphatic rings. The highest BCUT2D eigenvalue weighted by Crippen LogP contribution is 2.61. The summed E-state index contributed by atoms with van der Waals surface area (Å²) in [6.07, 6.45) is 21.5. The molecular weight excluding hydrogens is 1200 g/mol. The first-order valence-corrected chi connectivity index (χ1v) is 35.9. The molecule has 0 heterocycles. The lowest BCUT2D eigenvalue weighted by molar-refractivity contribution is 0.456. The summed E-state index contributed by atoms with van der Waals surface area (Å²) in [6.45, 7) is 4.43. The second kappa shape index (κ2) is 24.0. The zero-order valence-electron chi connectivity index (χ0n) is 54.1. The van der Waals surface area contributed by atoms with Gasteiger partial charge >= 0.3 is 0 Å². The first-order valence-electron chi connectivity index (χ1n) is 34.2. The fraction of sp³-hybridized carbons (Fsp3) is 0.130. The number of hydrogen-bond donors (Lipinski definition) is 0. The van der Waals surface area contributed by atoms with E-state index in [1.807, 2.05) is 23.5 Å². The molecule has 96 heavy (non-hydrogen) atoms. The molecule has 0 bridgehead atoms. The second-order valence-electron chi connectivity index (χ2n) is 27.0. The minimum atomic E-state index is -0.526. The highest BCUT2D eigenvalue weighted by atomic mass is 32.2. The maximum absolute atomic E-state index is 2.55. The molecular formula is C92H72N2S2. The normalized spacial score (nSPS) is 18.9. The van der Waals surface area contributed by atoms with Crippen LogP contribution in [0.2, 0.25) is 0 Å². The van der Waals surface area contributed by atoms with Crippen molar-refractivity contribution >= 4 is 57.6 Å². The monoisotopic (exact) mass is 1270 g/mol. The van der Waals surface area contributed by atoms with Crippen LogP contribution in [0.15, 0.2) is 341 Å². The largest absolute Gasteiger partial charge is 0.310 e. The third-order valence-electron chi connectivity index (χ3n) is 21.6. The van der Waals surface area contributed by atoms with Gasteiger partial charge in [-0.2, -0.15) is 0 Å². The molecule has 0 amide bonds. The summed E-state index contributed by atoms with van der Waals surface area (Å²) in [7, 11) is 0. The van der Waals surface area contributed by atoms with E-state index in [0.717, 1.165) is 58.1 Å². The summed E-state index contributed by atoms with van der Waals surface area (Å²) in [4.78, 5) is 8.84. The van der Waals surface area contributed by atoms with E-state index in [0.29, 0.717) is 5.25 Å². The summed E-state index contributed by atoms with van der Waals surface area (Å²) >= 11 is 3.87.